The number of aliphatic hydroxyl groups is 1. The van der Waals surface area contributed by atoms with Crippen LogP contribution in [0.1, 0.15) is 258 Å². The lowest BCUT2D eigenvalue weighted by Crippen LogP contribution is -2.45. The average molecular weight is 1110 g/mol. The number of nitrogens with zero attached hydrogens (tertiary/aromatic N) is 1. The third-order valence-corrected chi connectivity index (χ3v) is 14.6. The SMILES string of the molecule is CC/C=C\C/C=C\C/C=C\C/C=C\C/C=C\C/C=C\C/C=C\CCCCCCCCCCCCCCCCCCCCCC(=O)NC(COP(=O)(O)OCC[N+](C)(C)C)C(O)/C=C/CC/C=C/CC/C=C/CCCCCCC. The summed E-state index contributed by atoms with van der Waals surface area (Å²) in [5.74, 6) is -0.193. The number of carbonyl (C=O) groups is 1. The van der Waals surface area contributed by atoms with Crippen molar-refractivity contribution in [1.29, 1.82) is 0 Å². The van der Waals surface area contributed by atoms with Crippen molar-refractivity contribution in [2.45, 2.75) is 270 Å². The molecule has 0 aliphatic rings. The topological polar surface area (TPSA) is 105 Å². The number of nitrogens with one attached hydrogen (secondary N) is 1. The van der Waals surface area contributed by atoms with Gasteiger partial charge in [-0.25, -0.2) is 4.57 Å². The maximum Gasteiger partial charge on any atom is 0.472 e. The molecule has 0 heterocycles. The zero-order valence-corrected chi connectivity index (χ0v) is 52.0. The molecule has 0 spiro atoms. The summed E-state index contributed by atoms with van der Waals surface area (Å²) in [6, 6.07) is -0.874. The lowest BCUT2D eigenvalue weighted by atomic mass is 10.0. The van der Waals surface area contributed by atoms with Crippen LogP contribution in [0.4, 0.5) is 0 Å². The van der Waals surface area contributed by atoms with Crippen LogP contribution >= 0.6 is 7.82 Å². The molecule has 1 amide bonds. The Morgan fingerprint density at radius 3 is 1.18 bits per heavy atom. The van der Waals surface area contributed by atoms with Crippen LogP contribution in [0.5, 0.6) is 0 Å². The highest BCUT2D eigenvalue weighted by atomic mass is 31.2. The minimum Gasteiger partial charge on any atom is -0.387 e. The molecule has 0 aliphatic heterocycles. The number of carbonyl (C=O) groups excluding carboxylic acids is 1. The van der Waals surface area contributed by atoms with E-state index in [1.807, 2.05) is 27.2 Å². The number of phosphoric acid groups is 1. The summed E-state index contributed by atoms with van der Waals surface area (Å²) in [4.78, 5) is 23.3. The van der Waals surface area contributed by atoms with Gasteiger partial charge in [0, 0.05) is 6.42 Å². The van der Waals surface area contributed by atoms with Gasteiger partial charge in [0.2, 0.25) is 5.91 Å². The highest BCUT2D eigenvalue weighted by molar-refractivity contribution is 7.47. The fourth-order valence-corrected chi connectivity index (χ4v) is 9.44. The molecule has 3 N–H and O–H groups in total. The number of quaternary nitrogens is 1. The van der Waals surface area contributed by atoms with E-state index in [0.717, 1.165) is 89.9 Å². The molecule has 8 nitrogen and oxygen atoms in total. The molecule has 0 aromatic rings. The number of likely N-dealkylation sites (N-methyl/N-ethyl adjacent to an activating group) is 1. The van der Waals surface area contributed by atoms with Gasteiger partial charge in [-0.15, -0.1) is 0 Å². The molecule has 0 radical (unpaired) electrons. The van der Waals surface area contributed by atoms with Crippen molar-refractivity contribution in [3.8, 4) is 0 Å². The number of rotatable bonds is 57. The lowest BCUT2D eigenvalue weighted by molar-refractivity contribution is -0.870. The normalized spacial score (nSPS) is 14.6. The number of aliphatic hydroxyl groups excluding tert-OH is 1. The number of unbranched alkanes of at least 4 members (excludes halogenated alkanes) is 26. The molecule has 0 saturated carbocycles. The summed E-state index contributed by atoms with van der Waals surface area (Å²) in [5, 5.41) is 13.9. The fraction of sp³-hybridized carbons (Fsp3) is 0.696. The van der Waals surface area contributed by atoms with Gasteiger partial charge in [0.15, 0.2) is 0 Å². The van der Waals surface area contributed by atoms with E-state index in [-0.39, 0.29) is 19.1 Å². The second kappa shape index (κ2) is 58.6. The summed E-state index contributed by atoms with van der Waals surface area (Å²) < 4.78 is 23.7. The Hall–Kier alpha value is -3.10. The average Bonchev–Trinajstić information content (AvgIpc) is 3.41. The zero-order valence-electron chi connectivity index (χ0n) is 51.1. The molecule has 0 aromatic heterocycles. The Morgan fingerprint density at radius 2 is 0.782 bits per heavy atom. The molecule has 9 heteroatoms. The number of allylic oxidation sites excluding steroid dienone is 19. The minimum atomic E-state index is -4.36. The summed E-state index contributed by atoms with van der Waals surface area (Å²) in [6.07, 6.45) is 87.6. The van der Waals surface area contributed by atoms with Crippen LogP contribution in [0.3, 0.4) is 0 Å². The number of phosphoric ester groups is 1. The molecule has 0 aromatic carbocycles. The molecule has 0 aliphatic carbocycles. The van der Waals surface area contributed by atoms with E-state index in [4.69, 9.17) is 9.05 Å². The van der Waals surface area contributed by atoms with Crippen molar-refractivity contribution in [3.05, 3.63) is 122 Å². The van der Waals surface area contributed by atoms with Gasteiger partial charge in [0.1, 0.15) is 13.2 Å². The van der Waals surface area contributed by atoms with Gasteiger partial charge in [-0.2, -0.15) is 0 Å². The number of hydrogen-bond donors (Lipinski definition) is 3. The molecule has 0 bridgehead atoms. The van der Waals surface area contributed by atoms with Crippen LogP contribution in [0.2, 0.25) is 0 Å². The molecule has 0 saturated heterocycles. The van der Waals surface area contributed by atoms with Gasteiger partial charge in [-0.3, -0.25) is 13.8 Å². The summed E-state index contributed by atoms with van der Waals surface area (Å²) >= 11 is 0. The Balaban J connectivity index is 3.99. The first-order valence-electron chi connectivity index (χ1n) is 31.9. The van der Waals surface area contributed by atoms with Gasteiger partial charge in [0.25, 0.3) is 0 Å². The largest absolute Gasteiger partial charge is 0.472 e. The quantitative estimate of drug-likeness (QED) is 0.0243. The maximum atomic E-state index is 13.0. The van der Waals surface area contributed by atoms with E-state index in [1.54, 1.807) is 6.08 Å². The van der Waals surface area contributed by atoms with Crippen LogP contribution in [-0.2, 0) is 18.4 Å². The van der Waals surface area contributed by atoms with Crippen LogP contribution < -0.4 is 5.32 Å². The second-order valence-corrected chi connectivity index (χ2v) is 23.8. The molecule has 448 valence electrons. The number of hydrogen-bond acceptors (Lipinski definition) is 5. The van der Waals surface area contributed by atoms with Crippen LogP contribution in [0, 0.1) is 0 Å². The summed E-state index contributed by atoms with van der Waals surface area (Å²) in [5.41, 5.74) is 0. The van der Waals surface area contributed by atoms with Crippen LogP contribution in [0.15, 0.2) is 122 Å². The molecule has 78 heavy (non-hydrogen) atoms. The first kappa shape index (κ1) is 74.9. The van der Waals surface area contributed by atoms with E-state index >= 15 is 0 Å². The third kappa shape index (κ3) is 60.5. The highest BCUT2D eigenvalue weighted by Gasteiger charge is 2.27. The van der Waals surface area contributed by atoms with Crippen LogP contribution in [0.25, 0.3) is 0 Å². The van der Waals surface area contributed by atoms with Gasteiger partial charge in [-0.1, -0.05) is 270 Å². The van der Waals surface area contributed by atoms with Crippen molar-refractivity contribution in [2.24, 2.45) is 0 Å². The molecule has 0 rings (SSSR count). The lowest BCUT2D eigenvalue weighted by Gasteiger charge is -2.25. The van der Waals surface area contributed by atoms with E-state index in [0.29, 0.717) is 17.4 Å². The predicted molar refractivity (Wildman–Crippen MR) is 341 cm³/mol. The van der Waals surface area contributed by atoms with E-state index in [2.05, 4.69) is 129 Å². The van der Waals surface area contributed by atoms with Crippen molar-refractivity contribution in [1.82, 2.24) is 5.32 Å². The van der Waals surface area contributed by atoms with Gasteiger partial charge in [-0.05, 0) is 103 Å². The van der Waals surface area contributed by atoms with E-state index < -0.39 is 20.0 Å². The molecule has 3 atom stereocenters. The summed E-state index contributed by atoms with van der Waals surface area (Å²) in [7, 11) is 1.54. The minimum absolute atomic E-state index is 0.0502. The second-order valence-electron chi connectivity index (χ2n) is 22.4. The molecule has 3 unspecified atom stereocenters. The molecule has 0 fully saturated rings. The standard InChI is InChI=1S/C69H121N2O6P/c1-6-8-10-12-14-16-18-20-22-23-24-25-26-27-28-29-30-31-32-33-34-35-36-37-38-39-40-41-42-43-44-45-46-47-49-51-53-55-57-59-61-63-69(73)70-67(66-77-78(74,75)76-65-64-71(3,4)5)68(72)62-60-58-56-54-52-50-48-21-19-17-15-13-11-9-7-2/h8,10,14,16,19-22,24-25,27-28,30-31,33-34,52,54,60,62,67-68,72H,6-7,9,11-13,15,17-18,23,26,29,32,35-51,53,55-59,61,63-66H2,1-5H3,(H-,70,73,74,75)/p+1/b10-8-,16-14-,21-19+,22-20-,25-24-,28-27-,31-30-,34-33-,54-52+,62-60+. The Morgan fingerprint density at radius 1 is 0.449 bits per heavy atom. The monoisotopic (exact) mass is 1110 g/mol. The van der Waals surface area contributed by atoms with E-state index in [1.165, 1.54) is 148 Å². The Labute approximate surface area is 482 Å². The van der Waals surface area contributed by atoms with Gasteiger partial charge < -0.3 is 19.8 Å². The van der Waals surface area contributed by atoms with Crippen molar-refractivity contribution in [2.75, 3.05) is 40.9 Å². The Kier molecular flexibility index (Phi) is 56.2. The van der Waals surface area contributed by atoms with Crippen LogP contribution in [-0.4, -0.2) is 73.4 Å². The first-order valence-corrected chi connectivity index (χ1v) is 33.4. The van der Waals surface area contributed by atoms with Gasteiger partial charge >= 0.3 is 7.82 Å². The van der Waals surface area contributed by atoms with Crippen molar-refractivity contribution >= 4 is 13.7 Å². The Bertz CT molecular complexity index is 1680. The first-order chi connectivity index (χ1) is 38.0. The highest BCUT2D eigenvalue weighted by Crippen LogP contribution is 2.43. The molecular weight excluding hydrogens is 984 g/mol. The smallest absolute Gasteiger partial charge is 0.387 e. The molecular formula is C69H122N2O6P+. The van der Waals surface area contributed by atoms with Crippen molar-refractivity contribution < 1.29 is 32.9 Å². The van der Waals surface area contributed by atoms with Gasteiger partial charge in [0.05, 0.1) is 39.9 Å². The zero-order chi connectivity index (χ0) is 57.0. The third-order valence-electron chi connectivity index (χ3n) is 13.6. The fourth-order valence-electron chi connectivity index (χ4n) is 8.70. The number of amides is 1. The maximum absolute atomic E-state index is 13.0. The van der Waals surface area contributed by atoms with E-state index in [9.17, 15) is 19.4 Å². The summed E-state index contributed by atoms with van der Waals surface area (Å²) in [6.45, 7) is 4.65. The predicted octanol–water partition coefficient (Wildman–Crippen LogP) is 20.1. The van der Waals surface area contributed by atoms with Crippen molar-refractivity contribution in [3.63, 3.8) is 0 Å².